The Morgan fingerprint density at radius 2 is 1.86 bits per heavy atom. The van der Waals surface area contributed by atoms with E-state index in [0.717, 1.165) is 0 Å². The van der Waals surface area contributed by atoms with Gasteiger partial charge in [-0.3, -0.25) is 9.36 Å². The second kappa shape index (κ2) is 7.83. The smallest absolute Gasteiger partial charge is 0.323 e. The molecular formula is C14H21ClNO4P. The molecule has 21 heavy (non-hydrogen) atoms. The molecule has 1 N–H and O–H groups in total. The molecule has 0 saturated carbocycles. The lowest BCUT2D eigenvalue weighted by atomic mass is 10.3. The third-order valence-corrected chi connectivity index (χ3v) is 4.95. The van der Waals surface area contributed by atoms with Crippen molar-refractivity contribution >= 4 is 25.1 Å². The van der Waals surface area contributed by atoms with Crippen molar-refractivity contribution in [2.24, 2.45) is 0 Å². The first-order valence-corrected chi connectivity index (χ1v) is 8.97. The number of hydrogen-bond acceptors (Lipinski definition) is 4. The summed E-state index contributed by atoms with van der Waals surface area (Å²) in [7, 11) is -3.18. The van der Waals surface area contributed by atoms with Gasteiger partial charge in [-0.05, 0) is 45.0 Å². The lowest BCUT2D eigenvalue weighted by Crippen LogP contribution is -2.36. The van der Waals surface area contributed by atoms with Gasteiger partial charge in [-0.25, -0.2) is 5.09 Å². The average molecular weight is 334 g/mol. The fourth-order valence-corrected chi connectivity index (χ4v) is 3.18. The lowest BCUT2D eigenvalue weighted by Gasteiger charge is -2.23. The molecule has 5 nitrogen and oxygen atoms in total. The van der Waals surface area contributed by atoms with Crippen LogP contribution in [-0.2, 0) is 14.1 Å². The van der Waals surface area contributed by atoms with Crippen LogP contribution < -0.4 is 9.61 Å². The number of carbonyl (C=O) groups is 1. The topological polar surface area (TPSA) is 64.6 Å². The van der Waals surface area contributed by atoms with Crippen molar-refractivity contribution in [1.82, 2.24) is 5.09 Å². The Bertz CT molecular complexity index is 518. The number of rotatable bonds is 7. The van der Waals surface area contributed by atoms with Gasteiger partial charge in [-0.2, -0.15) is 0 Å². The number of hydrogen-bond donors (Lipinski definition) is 1. The molecule has 0 aliphatic rings. The first kappa shape index (κ1) is 18.0. The van der Waals surface area contributed by atoms with Crippen LogP contribution in [0.5, 0.6) is 5.75 Å². The molecule has 1 aromatic carbocycles. The highest BCUT2D eigenvalue weighted by atomic mass is 35.5. The van der Waals surface area contributed by atoms with Gasteiger partial charge in [0, 0.05) is 11.2 Å². The summed E-state index contributed by atoms with van der Waals surface area (Å²) in [5.41, 5.74) is 0. The van der Waals surface area contributed by atoms with E-state index in [0.29, 0.717) is 10.8 Å². The fraction of sp³-hybridized carbons (Fsp3) is 0.500. The van der Waals surface area contributed by atoms with Crippen molar-refractivity contribution < 1.29 is 18.6 Å². The molecule has 0 aromatic heterocycles. The predicted molar refractivity (Wildman–Crippen MR) is 84.1 cm³/mol. The summed E-state index contributed by atoms with van der Waals surface area (Å²) < 4.78 is 23.2. The molecule has 0 fully saturated rings. The van der Waals surface area contributed by atoms with Crippen LogP contribution in [-0.4, -0.2) is 24.3 Å². The van der Waals surface area contributed by atoms with Gasteiger partial charge in [-0.15, -0.1) is 0 Å². The number of esters is 1. The van der Waals surface area contributed by atoms with Crippen LogP contribution in [0.25, 0.3) is 0 Å². The fourth-order valence-electron chi connectivity index (χ4n) is 1.53. The molecule has 0 spiro atoms. The van der Waals surface area contributed by atoms with E-state index < -0.39 is 19.5 Å². The molecule has 0 bridgehead atoms. The van der Waals surface area contributed by atoms with Crippen molar-refractivity contribution in [3.8, 4) is 5.75 Å². The highest BCUT2D eigenvalue weighted by molar-refractivity contribution is 7.57. The van der Waals surface area contributed by atoms with Gasteiger partial charge in [0.15, 0.2) is 0 Å². The third-order valence-electron chi connectivity index (χ3n) is 2.58. The number of carbonyl (C=O) groups excluding carboxylic acids is 1. The van der Waals surface area contributed by atoms with E-state index in [1.807, 2.05) is 0 Å². The molecule has 0 aliphatic carbocycles. The number of benzene rings is 1. The van der Waals surface area contributed by atoms with Crippen LogP contribution in [0.1, 0.15) is 27.7 Å². The summed E-state index contributed by atoms with van der Waals surface area (Å²) >= 11 is 5.79. The van der Waals surface area contributed by atoms with Crippen molar-refractivity contribution in [1.29, 1.82) is 0 Å². The van der Waals surface area contributed by atoms with Gasteiger partial charge in [0.2, 0.25) is 0 Å². The summed E-state index contributed by atoms with van der Waals surface area (Å²) in [5.74, 6) is -0.0279. The van der Waals surface area contributed by atoms with E-state index in [1.165, 1.54) is 0 Å². The molecule has 1 unspecified atom stereocenters. The molecule has 0 saturated heterocycles. The molecular weight excluding hydrogens is 313 g/mol. The van der Waals surface area contributed by atoms with E-state index in [4.69, 9.17) is 20.9 Å². The van der Waals surface area contributed by atoms with Gasteiger partial charge >= 0.3 is 13.5 Å². The summed E-state index contributed by atoms with van der Waals surface area (Å²) in [4.78, 5) is 11.8. The van der Waals surface area contributed by atoms with Crippen LogP contribution in [0.2, 0.25) is 5.02 Å². The Morgan fingerprint density at radius 3 is 2.33 bits per heavy atom. The monoisotopic (exact) mass is 333 g/mol. The Labute approximate surface area is 130 Å². The maximum Gasteiger partial charge on any atom is 0.323 e. The number of halogens is 1. The quantitative estimate of drug-likeness (QED) is 0.606. The van der Waals surface area contributed by atoms with E-state index in [-0.39, 0.29) is 12.3 Å². The molecule has 1 aromatic rings. The van der Waals surface area contributed by atoms with E-state index >= 15 is 0 Å². The van der Waals surface area contributed by atoms with Crippen molar-refractivity contribution in [2.75, 3.05) is 6.16 Å². The molecule has 118 valence electrons. The van der Waals surface area contributed by atoms with E-state index in [2.05, 4.69) is 5.09 Å². The highest BCUT2D eigenvalue weighted by Crippen LogP contribution is 2.43. The first-order valence-electron chi connectivity index (χ1n) is 6.78. The maximum atomic E-state index is 12.7. The maximum absolute atomic E-state index is 12.7. The molecule has 0 aliphatic heterocycles. The zero-order valence-corrected chi connectivity index (χ0v) is 14.3. The molecule has 1 rings (SSSR count). The summed E-state index contributed by atoms with van der Waals surface area (Å²) in [6.45, 7) is 6.84. The van der Waals surface area contributed by atoms with Gasteiger partial charge in [0.05, 0.1) is 6.10 Å². The second-order valence-electron chi connectivity index (χ2n) is 4.87. The molecule has 0 heterocycles. The minimum Gasteiger partial charge on any atom is -0.462 e. The van der Waals surface area contributed by atoms with Gasteiger partial charge in [0.25, 0.3) is 0 Å². The largest absolute Gasteiger partial charge is 0.462 e. The minimum atomic E-state index is -3.18. The lowest BCUT2D eigenvalue weighted by molar-refractivity contribution is -0.149. The standard InChI is InChI=1S/C14H21ClNO4P/c1-5-21(18,16-11(4)14(17)19-10(2)3)20-13-8-6-12(15)7-9-13/h6-11H,5H2,1-4H3,(H,16,18)/t11-,21?/m0/s1. The third kappa shape index (κ3) is 6.08. The number of ether oxygens (including phenoxy) is 1. The predicted octanol–water partition coefficient (Wildman–Crippen LogP) is 3.86. The van der Waals surface area contributed by atoms with E-state index in [1.54, 1.807) is 52.0 Å². The number of nitrogens with one attached hydrogen (secondary N) is 1. The Kier molecular flexibility index (Phi) is 6.72. The van der Waals surface area contributed by atoms with Crippen LogP contribution in [0, 0.1) is 0 Å². The SMILES string of the molecule is CCP(=O)(N[C@@H](C)C(=O)OC(C)C)Oc1ccc(Cl)cc1. The normalized spacial score (nSPS) is 15.3. The van der Waals surface area contributed by atoms with Crippen LogP contribution >= 0.6 is 19.1 Å². The van der Waals surface area contributed by atoms with E-state index in [9.17, 15) is 9.36 Å². The van der Waals surface area contributed by atoms with Crippen molar-refractivity contribution in [3.63, 3.8) is 0 Å². The second-order valence-corrected chi connectivity index (χ2v) is 7.73. The Morgan fingerprint density at radius 1 is 1.29 bits per heavy atom. The molecule has 2 atom stereocenters. The van der Waals surface area contributed by atoms with Crippen molar-refractivity contribution in [2.45, 2.75) is 39.8 Å². The first-order chi connectivity index (χ1) is 9.75. The van der Waals surface area contributed by atoms with Crippen LogP contribution in [0.4, 0.5) is 0 Å². The van der Waals surface area contributed by atoms with Gasteiger partial charge in [0.1, 0.15) is 11.8 Å². The van der Waals surface area contributed by atoms with Gasteiger partial charge in [-0.1, -0.05) is 18.5 Å². The Balaban J connectivity index is 2.73. The zero-order valence-electron chi connectivity index (χ0n) is 12.6. The zero-order chi connectivity index (χ0) is 16.0. The summed E-state index contributed by atoms with van der Waals surface area (Å²) in [6.07, 6.45) is 0.0227. The van der Waals surface area contributed by atoms with Crippen molar-refractivity contribution in [3.05, 3.63) is 29.3 Å². The summed E-state index contributed by atoms with van der Waals surface area (Å²) in [5, 5.41) is 3.30. The molecule has 7 heteroatoms. The summed E-state index contributed by atoms with van der Waals surface area (Å²) in [6, 6.07) is 5.83. The minimum absolute atomic E-state index is 0.222. The highest BCUT2D eigenvalue weighted by Gasteiger charge is 2.28. The Hall–Kier alpha value is -1.03. The molecule has 0 radical (unpaired) electrons. The van der Waals surface area contributed by atoms with Crippen LogP contribution in [0.15, 0.2) is 24.3 Å². The molecule has 0 amide bonds. The average Bonchev–Trinajstić information content (AvgIpc) is 2.40. The van der Waals surface area contributed by atoms with Crippen LogP contribution in [0.3, 0.4) is 0 Å². The van der Waals surface area contributed by atoms with Gasteiger partial charge < -0.3 is 9.26 Å².